The average Bonchev–Trinajstić information content (AvgIpc) is 3.70. The summed E-state index contributed by atoms with van der Waals surface area (Å²) in [5.41, 5.74) is 6.79. The Labute approximate surface area is 316 Å². The van der Waals surface area contributed by atoms with Crippen LogP contribution in [-0.4, -0.2) is 83.5 Å². The van der Waals surface area contributed by atoms with Crippen LogP contribution >= 0.6 is 0 Å². The second kappa shape index (κ2) is 16.4. The van der Waals surface area contributed by atoms with Gasteiger partial charge >= 0.3 is 0 Å². The zero-order chi connectivity index (χ0) is 37.6. The van der Waals surface area contributed by atoms with Crippen molar-refractivity contribution >= 4 is 5.69 Å². The van der Waals surface area contributed by atoms with E-state index in [1.165, 1.54) is 5.56 Å². The maximum atomic E-state index is 5.82. The Bertz CT molecular complexity index is 2030. The van der Waals surface area contributed by atoms with Gasteiger partial charge in [0.05, 0.1) is 54.0 Å². The summed E-state index contributed by atoms with van der Waals surface area (Å²) >= 11 is 0. The molecule has 0 atom stereocenters. The van der Waals surface area contributed by atoms with E-state index < -0.39 is 0 Å². The molecule has 0 N–H and O–H groups in total. The molecule has 2 aromatic heterocycles. The minimum absolute atomic E-state index is 0.224. The van der Waals surface area contributed by atoms with Crippen molar-refractivity contribution in [3.63, 3.8) is 0 Å². The molecule has 7 rings (SSSR count). The molecule has 2 aliphatic rings. The summed E-state index contributed by atoms with van der Waals surface area (Å²) in [6.07, 6.45) is 5.62. The van der Waals surface area contributed by atoms with Crippen LogP contribution in [0, 0.1) is 0 Å². The van der Waals surface area contributed by atoms with Gasteiger partial charge < -0.3 is 42.8 Å². The zero-order valence-electron chi connectivity index (χ0n) is 31.6. The Morgan fingerprint density at radius 3 is 1.93 bits per heavy atom. The highest BCUT2D eigenvalue weighted by molar-refractivity contribution is 5.72. The second-order valence-electron chi connectivity index (χ2n) is 13.1. The average molecular weight is 735 g/mol. The quantitative estimate of drug-likeness (QED) is 0.115. The van der Waals surface area contributed by atoms with E-state index >= 15 is 0 Å². The number of rotatable bonds is 14. The van der Waals surface area contributed by atoms with Crippen molar-refractivity contribution in [2.24, 2.45) is 0 Å². The van der Waals surface area contributed by atoms with Crippen LogP contribution in [0.4, 0.5) is 5.69 Å². The van der Waals surface area contributed by atoms with Gasteiger partial charge in [0, 0.05) is 67.5 Å². The third-order valence-corrected chi connectivity index (χ3v) is 10.0. The second-order valence-corrected chi connectivity index (χ2v) is 13.1. The largest absolute Gasteiger partial charge is 0.493 e. The molecule has 0 radical (unpaired) electrons. The molecule has 1 fully saturated rings. The fourth-order valence-corrected chi connectivity index (χ4v) is 7.33. The minimum Gasteiger partial charge on any atom is -0.493 e. The predicted molar refractivity (Wildman–Crippen MR) is 206 cm³/mol. The Morgan fingerprint density at radius 2 is 1.30 bits per heavy atom. The van der Waals surface area contributed by atoms with Gasteiger partial charge in [-0.1, -0.05) is 6.07 Å². The summed E-state index contributed by atoms with van der Waals surface area (Å²) < 4.78 is 45.2. The molecular weight excluding hydrogens is 688 g/mol. The van der Waals surface area contributed by atoms with Crippen molar-refractivity contribution in [2.45, 2.75) is 32.0 Å². The molecule has 0 unspecified atom stereocenters. The topological polar surface area (TPSA) is 106 Å². The number of aromatic nitrogens is 2. The molecule has 12 heteroatoms. The molecule has 2 aliphatic heterocycles. The SMILES string of the molecule is COc1cc(-c2cc(CN3CCC(N(Cc4cccnc4-c4cc(OC)c(OC)c(OC)c4)c4ccc5c(c4)OCO5)CC3)ccn2)cc(OC)c1OC. The number of likely N-dealkylation sites (tertiary alicyclic amines) is 1. The monoisotopic (exact) mass is 734 g/mol. The highest BCUT2D eigenvalue weighted by Gasteiger charge is 2.28. The van der Waals surface area contributed by atoms with Gasteiger partial charge in [0.15, 0.2) is 34.5 Å². The fraction of sp³-hybridized carbons (Fsp3) is 0.333. The van der Waals surface area contributed by atoms with E-state index in [-0.39, 0.29) is 12.8 Å². The third kappa shape index (κ3) is 7.47. The molecule has 12 nitrogen and oxygen atoms in total. The first-order chi connectivity index (χ1) is 26.5. The maximum Gasteiger partial charge on any atom is 0.231 e. The first-order valence-electron chi connectivity index (χ1n) is 17.8. The summed E-state index contributed by atoms with van der Waals surface area (Å²) in [6.45, 7) is 3.53. The van der Waals surface area contributed by atoms with Crippen molar-refractivity contribution in [2.75, 3.05) is 67.4 Å². The first-order valence-corrected chi connectivity index (χ1v) is 17.8. The predicted octanol–water partition coefficient (Wildman–Crippen LogP) is 7.26. The van der Waals surface area contributed by atoms with Gasteiger partial charge in [-0.15, -0.1) is 0 Å². The van der Waals surface area contributed by atoms with Crippen molar-refractivity contribution in [1.82, 2.24) is 14.9 Å². The number of fused-ring (bicyclic) bond motifs is 1. The van der Waals surface area contributed by atoms with Crippen LogP contribution in [0.2, 0.25) is 0 Å². The van der Waals surface area contributed by atoms with Crippen molar-refractivity contribution in [3.8, 4) is 68.5 Å². The van der Waals surface area contributed by atoms with Gasteiger partial charge in [-0.3, -0.25) is 14.9 Å². The minimum atomic E-state index is 0.224. The van der Waals surface area contributed by atoms with E-state index in [4.69, 9.17) is 42.9 Å². The summed E-state index contributed by atoms with van der Waals surface area (Å²) in [5, 5.41) is 0. The lowest BCUT2D eigenvalue weighted by atomic mass is 9.98. The Hall–Kier alpha value is -5.88. The zero-order valence-corrected chi connectivity index (χ0v) is 31.6. The number of nitrogens with zero attached hydrogens (tertiary/aromatic N) is 4. The Balaban J connectivity index is 1.13. The molecule has 5 aromatic rings. The number of benzene rings is 3. The number of pyridine rings is 2. The van der Waals surface area contributed by atoms with E-state index in [0.29, 0.717) is 41.0 Å². The molecule has 0 amide bonds. The van der Waals surface area contributed by atoms with Gasteiger partial charge in [0.25, 0.3) is 0 Å². The van der Waals surface area contributed by atoms with Crippen molar-refractivity contribution in [1.29, 1.82) is 0 Å². The number of methoxy groups -OCH3 is 6. The van der Waals surface area contributed by atoms with Crippen molar-refractivity contribution < 1.29 is 37.9 Å². The lowest BCUT2D eigenvalue weighted by molar-refractivity contribution is 0.174. The van der Waals surface area contributed by atoms with Crippen LogP contribution in [-0.2, 0) is 13.1 Å². The standard InChI is InChI=1S/C42H46N4O8/c1-47-36-19-29(20-37(48-2)41(36)51-5)33-18-27(11-15-43-33)24-45-16-12-31(13-17-45)46(32-9-10-34-35(23-32)54-26-53-34)25-28-8-7-14-44-40(28)30-21-38(49-3)42(52-6)39(22-30)50-4/h7-11,14-15,18-23,31H,12-13,16-17,24-26H2,1-6H3. The van der Waals surface area contributed by atoms with E-state index in [1.807, 2.05) is 48.8 Å². The number of hydrogen-bond donors (Lipinski definition) is 0. The van der Waals surface area contributed by atoms with Crippen LogP contribution in [0.5, 0.6) is 46.0 Å². The third-order valence-electron chi connectivity index (χ3n) is 10.0. The van der Waals surface area contributed by atoms with Crippen LogP contribution in [0.25, 0.3) is 22.5 Å². The van der Waals surface area contributed by atoms with Crippen molar-refractivity contribution in [3.05, 3.63) is 90.3 Å². The lowest BCUT2D eigenvalue weighted by Gasteiger charge is -2.40. The smallest absolute Gasteiger partial charge is 0.231 e. The number of piperidine rings is 1. The molecule has 4 heterocycles. The lowest BCUT2D eigenvalue weighted by Crippen LogP contribution is -2.44. The van der Waals surface area contributed by atoms with Crippen LogP contribution in [0.15, 0.2) is 79.1 Å². The molecule has 1 saturated heterocycles. The summed E-state index contributed by atoms with van der Waals surface area (Å²) in [5.74, 6) is 4.95. The molecule has 54 heavy (non-hydrogen) atoms. The molecular formula is C42H46N4O8. The van der Waals surface area contributed by atoms with Crippen LogP contribution in [0.3, 0.4) is 0 Å². The molecule has 0 saturated carbocycles. The van der Waals surface area contributed by atoms with Crippen LogP contribution in [0.1, 0.15) is 24.0 Å². The summed E-state index contributed by atoms with van der Waals surface area (Å²) in [6, 6.07) is 22.6. The first kappa shape index (κ1) is 36.5. The molecule has 0 spiro atoms. The number of ether oxygens (including phenoxy) is 8. The molecule has 3 aromatic carbocycles. The van der Waals surface area contributed by atoms with E-state index in [2.05, 4.69) is 45.1 Å². The molecule has 282 valence electrons. The van der Waals surface area contributed by atoms with E-state index in [9.17, 15) is 0 Å². The summed E-state index contributed by atoms with van der Waals surface area (Å²) in [4.78, 5) is 14.5. The number of anilines is 1. The van der Waals surface area contributed by atoms with Gasteiger partial charge in [-0.05, 0) is 78.6 Å². The van der Waals surface area contributed by atoms with E-state index in [0.717, 1.165) is 77.7 Å². The maximum absolute atomic E-state index is 5.82. The fourth-order valence-electron chi connectivity index (χ4n) is 7.33. The normalized spacial score (nSPS) is 14.0. The highest BCUT2D eigenvalue weighted by Crippen LogP contribution is 2.43. The summed E-state index contributed by atoms with van der Waals surface area (Å²) in [7, 11) is 9.69. The number of hydrogen-bond acceptors (Lipinski definition) is 12. The Morgan fingerprint density at radius 1 is 0.667 bits per heavy atom. The molecule has 0 bridgehead atoms. The van der Waals surface area contributed by atoms with Crippen LogP contribution < -0.4 is 42.8 Å². The molecule has 0 aliphatic carbocycles. The van der Waals surface area contributed by atoms with Gasteiger partial charge in [-0.25, -0.2) is 0 Å². The van der Waals surface area contributed by atoms with E-state index in [1.54, 1.807) is 42.7 Å². The van der Waals surface area contributed by atoms with Gasteiger partial charge in [0.2, 0.25) is 18.3 Å². The highest BCUT2D eigenvalue weighted by atomic mass is 16.7. The Kier molecular flexibility index (Phi) is 11.1. The van der Waals surface area contributed by atoms with Gasteiger partial charge in [-0.2, -0.15) is 0 Å². The van der Waals surface area contributed by atoms with Gasteiger partial charge in [0.1, 0.15) is 0 Å².